The molecular weight excluding hydrogens is 282 g/mol. The number of nitrogens with zero attached hydrogens (tertiary/aromatic N) is 2. The minimum atomic E-state index is -0.648. The number of hydrogen-bond acceptors (Lipinski definition) is 4. The van der Waals surface area contributed by atoms with Crippen LogP contribution in [0, 0.1) is 16.0 Å². The van der Waals surface area contributed by atoms with Crippen molar-refractivity contribution in [2.24, 2.45) is 11.7 Å². The lowest BCUT2D eigenvalue weighted by Crippen LogP contribution is -2.27. The highest BCUT2D eigenvalue weighted by Crippen LogP contribution is 2.26. The van der Waals surface area contributed by atoms with E-state index in [-0.39, 0.29) is 11.3 Å². The molecule has 1 aromatic carbocycles. The normalized spacial score (nSPS) is 15.9. The smallest absolute Gasteiger partial charge is 0.274 e. The van der Waals surface area contributed by atoms with Gasteiger partial charge in [-0.15, -0.1) is 0 Å². The highest BCUT2D eigenvalue weighted by Gasteiger charge is 2.20. The van der Waals surface area contributed by atoms with Gasteiger partial charge in [0.1, 0.15) is 0 Å². The van der Waals surface area contributed by atoms with Crippen LogP contribution in [0.5, 0.6) is 0 Å². The monoisotopic (exact) mass is 305 g/mol. The Hall–Kier alpha value is -1.95. The van der Waals surface area contributed by atoms with Gasteiger partial charge in [-0.25, -0.2) is 0 Å². The molecule has 22 heavy (non-hydrogen) atoms. The van der Waals surface area contributed by atoms with Crippen LogP contribution >= 0.6 is 0 Å². The molecule has 0 bridgehead atoms. The van der Waals surface area contributed by atoms with Gasteiger partial charge in [-0.1, -0.05) is 25.3 Å². The van der Waals surface area contributed by atoms with Gasteiger partial charge in [0.05, 0.1) is 4.92 Å². The molecule has 6 nitrogen and oxygen atoms in total. The summed E-state index contributed by atoms with van der Waals surface area (Å²) in [6.07, 6.45) is 6.37. The Balaban J connectivity index is 2.07. The van der Waals surface area contributed by atoms with E-state index in [0.29, 0.717) is 18.0 Å². The maximum absolute atomic E-state index is 11.2. The van der Waals surface area contributed by atoms with Gasteiger partial charge in [0.25, 0.3) is 5.69 Å². The van der Waals surface area contributed by atoms with Gasteiger partial charge in [0, 0.05) is 30.3 Å². The quantitative estimate of drug-likeness (QED) is 0.646. The van der Waals surface area contributed by atoms with Crippen molar-refractivity contribution in [3.63, 3.8) is 0 Å². The first-order chi connectivity index (χ1) is 10.5. The molecule has 0 radical (unpaired) electrons. The lowest BCUT2D eigenvalue weighted by Gasteiger charge is -2.27. The zero-order chi connectivity index (χ0) is 16.1. The lowest BCUT2D eigenvalue weighted by molar-refractivity contribution is -0.385. The van der Waals surface area contributed by atoms with E-state index < -0.39 is 10.8 Å². The van der Waals surface area contributed by atoms with Crippen molar-refractivity contribution in [1.82, 2.24) is 4.90 Å². The largest absolute Gasteiger partial charge is 0.366 e. The Morgan fingerprint density at radius 1 is 1.36 bits per heavy atom. The Labute approximate surface area is 130 Å². The molecule has 1 amide bonds. The summed E-state index contributed by atoms with van der Waals surface area (Å²) in [5, 5.41) is 11.2. The molecule has 0 spiro atoms. The van der Waals surface area contributed by atoms with E-state index in [1.165, 1.54) is 38.2 Å². The number of carbonyl (C=O) groups excluding carboxylic acids is 1. The fraction of sp³-hybridized carbons (Fsp3) is 0.562. The predicted octanol–water partition coefficient (Wildman–Crippen LogP) is 2.71. The van der Waals surface area contributed by atoms with Crippen molar-refractivity contribution >= 4 is 11.6 Å². The van der Waals surface area contributed by atoms with Crippen LogP contribution in [-0.4, -0.2) is 29.3 Å². The van der Waals surface area contributed by atoms with E-state index in [2.05, 4.69) is 4.90 Å². The molecule has 1 fully saturated rings. The van der Waals surface area contributed by atoms with Crippen molar-refractivity contribution < 1.29 is 9.72 Å². The van der Waals surface area contributed by atoms with Crippen LogP contribution in [-0.2, 0) is 6.54 Å². The van der Waals surface area contributed by atoms with Crippen molar-refractivity contribution in [2.45, 2.75) is 38.6 Å². The second-order valence-electron chi connectivity index (χ2n) is 6.17. The molecule has 0 saturated heterocycles. The molecule has 2 rings (SSSR count). The fourth-order valence-corrected chi connectivity index (χ4v) is 3.19. The maximum atomic E-state index is 11.2. The molecule has 0 atom stereocenters. The van der Waals surface area contributed by atoms with Gasteiger partial charge in [0.2, 0.25) is 5.91 Å². The Morgan fingerprint density at radius 2 is 2.05 bits per heavy atom. The Kier molecular flexibility index (Phi) is 5.49. The van der Waals surface area contributed by atoms with Crippen molar-refractivity contribution in [3.8, 4) is 0 Å². The number of hydrogen-bond donors (Lipinski definition) is 1. The van der Waals surface area contributed by atoms with E-state index in [4.69, 9.17) is 5.73 Å². The van der Waals surface area contributed by atoms with Gasteiger partial charge in [0.15, 0.2) is 0 Å². The first kappa shape index (κ1) is 16.4. The summed E-state index contributed by atoms with van der Waals surface area (Å²) >= 11 is 0. The fourth-order valence-electron chi connectivity index (χ4n) is 3.19. The first-order valence-electron chi connectivity index (χ1n) is 7.73. The third-order valence-electron chi connectivity index (χ3n) is 4.30. The van der Waals surface area contributed by atoms with Gasteiger partial charge >= 0.3 is 0 Å². The highest BCUT2D eigenvalue weighted by molar-refractivity contribution is 5.93. The number of nitro groups is 1. The van der Waals surface area contributed by atoms with Gasteiger partial charge in [-0.3, -0.25) is 14.9 Å². The summed E-state index contributed by atoms with van der Waals surface area (Å²) < 4.78 is 0. The van der Waals surface area contributed by atoms with Crippen LogP contribution in [0.2, 0.25) is 0 Å². The van der Waals surface area contributed by atoms with E-state index in [1.807, 2.05) is 7.05 Å². The predicted molar refractivity (Wildman–Crippen MR) is 84.5 cm³/mol. The van der Waals surface area contributed by atoms with Crippen molar-refractivity contribution in [3.05, 3.63) is 39.4 Å². The third kappa shape index (κ3) is 4.27. The number of nitrogens with two attached hydrogens (primary N) is 1. The number of primary amides is 1. The van der Waals surface area contributed by atoms with Crippen LogP contribution in [0.1, 0.15) is 48.0 Å². The number of amides is 1. The molecule has 2 N–H and O–H groups in total. The SMILES string of the molecule is CN(Cc1ccc(C(N)=O)cc1[N+](=O)[O-])CC1CCCCC1. The zero-order valence-corrected chi connectivity index (χ0v) is 13.0. The van der Waals surface area contributed by atoms with Crippen LogP contribution in [0.25, 0.3) is 0 Å². The summed E-state index contributed by atoms with van der Waals surface area (Å²) in [4.78, 5) is 24.0. The average Bonchev–Trinajstić information content (AvgIpc) is 2.48. The minimum Gasteiger partial charge on any atom is -0.366 e. The zero-order valence-electron chi connectivity index (χ0n) is 13.0. The van der Waals surface area contributed by atoms with E-state index in [0.717, 1.165) is 6.54 Å². The molecule has 1 aliphatic rings. The van der Waals surface area contributed by atoms with E-state index in [1.54, 1.807) is 12.1 Å². The summed E-state index contributed by atoms with van der Waals surface area (Å²) in [5.74, 6) is 0.0351. The maximum Gasteiger partial charge on any atom is 0.274 e. The summed E-state index contributed by atoms with van der Waals surface area (Å²) in [6.45, 7) is 1.46. The average molecular weight is 305 g/mol. The van der Waals surface area contributed by atoms with Crippen LogP contribution in [0.3, 0.4) is 0 Å². The van der Waals surface area contributed by atoms with Gasteiger partial charge in [-0.05, 0) is 31.9 Å². The summed E-state index contributed by atoms with van der Waals surface area (Å²) in [6, 6.07) is 4.46. The molecule has 120 valence electrons. The van der Waals surface area contributed by atoms with Gasteiger partial charge < -0.3 is 10.6 Å². The topological polar surface area (TPSA) is 89.5 Å². The molecule has 0 aromatic heterocycles. The molecule has 6 heteroatoms. The third-order valence-corrected chi connectivity index (χ3v) is 4.30. The van der Waals surface area contributed by atoms with Gasteiger partial charge in [-0.2, -0.15) is 0 Å². The second-order valence-corrected chi connectivity index (χ2v) is 6.17. The van der Waals surface area contributed by atoms with Crippen LogP contribution < -0.4 is 5.73 Å². The number of nitro benzene ring substituents is 1. The highest BCUT2D eigenvalue weighted by atomic mass is 16.6. The van der Waals surface area contributed by atoms with Crippen molar-refractivity contribution in [1.29, 1.82) is 0 Å². The molecule has 0 heterocycles. The van der Waals surface area contributed by atoms with Crippen molar-refractivity contribution in [2.75, 3.05) is 13.6 Å². The second kappa shape index (κ2) is 7.35. The standard InChI is InChI=1S/C16H23N3O3/c1-18(10-12-5-3-2-4-6-12)11-14-8-7-13(16(17)20)9-15(14)19(21)22/h7-9,12H,2-6,10-11H2,1H3,(H2,17,20). The number of benzene rings is 1. The molecule has 0 aliphatic heterocycles. The molecule has 1 saturated carbocycles. The number of carbonyl (C=O) groups is 1. The minimum absolute atomic E-state index is 0.0354. The summed E-state index contributed by atoms with van der Waals surface area (Å²) in [7, 11) is 1.99. The summed E-state index contributed by atoms with van der Waals surface area (Å²) in [5.41, 5.74) is 5.94. The van der Waals surface area contributed by atoms with E-state index in [9.17, 15) is 14.9 Å². The molecule has 1 aromatic rings. The molecule has 1 aliphatic carbocycles. The lowest BCUT2D eigenvalue weighted by atomic mass is 9.89. The first-order valence-corrected chi connectivity index (χ1v) is 7.73. The Bertz CT molecular complexity index is 554. The molecular formula is C16H23N3O3. The van der Waals surface area contributed by atoms with Crippen LogP contribution in [0.15, 0.2) is 18.2 Å². The molecule has 0 unspecified atom stereocenters. The van der Waals surface area contributed by atoms with E-state index >= 15 is 0 Å². The Morgan fingerprint density at radius 3 is 2.64 bits per heavy atom. The van der Waals surface area contributed by atoms with Crippen LogP contribution in [0.4, 0.5) is 5.69 Å². The number of rotatable bonds is 6.